The molecule has 0 saturated carbocycles. The van der Waals surface area contributed by atoms with Gasteiger partial charge in [-0.2, -0.15) is 0 Å². The fourth-order valence-corrected chi connectivity index (χ4v) is 4.02. The Balaban J connectivity index is 0.000000461. The number of aromatic amines is 2. The fourth-order valence-electron chi connectivity index (χ4n) is 2.75. The Morgan fingerprint density at radius 3 is 2.53 bits per heavy atom. The van der Waals surface area contributed by atoms with Crippen molar-refractivity contribution >= 4 is 55.1 Å². The lowest BCUT2D eigenvalue weighted by Crippen LogP contribution is -2.13. The Hall–Kier alpha value is -3.30. The topological polar surface area (TPSA) is 132 Å². The second-order valence-corrected chi connectivity index (χ2v) is 8.41. The maximum absolute atomic E-state index is 12.7. The van der Waals surface area contributed by atoms with Crippen molar-refractivity contribution in [3.05, 3.63) is 70.1 Å². The molecule has 30 heavy (non-hydrogen) atoms. The summed E-state index contributed by atoms with van der Waals surface area (Å²) in [5.41, 5.74) is 1.10. The van der Waals surface area contributed by atoms with Crippen molar-refractivity contribution in [1.29, 1.82) is 0 Å². The predicted molar refractivity (Wildman–Crippen MR) is 117 cm³/mol. The number of anilines is 1. The number of carboxylic acid groups (broad SMARTS) is 1. The summed E-state index contributed by atoms with van der Waals surface area (Å²) in [5, 5.41) is 9.47. The molecule has 0 atom stereocenters. The highest BCUT2D eigenvalue weighted by Crippen LogP contribution is 2.25. The largest absolute Gasteiger partial charge is 0.481 e. The molecule has 0 aliphatic heterocycles. The van der Waals surface area contributed by atoms with Crippen LogP contribution in [-0.4, -0.2) is 29.5 Å². The number of aromatic nitrogens is 2. The van der Waals surface area contributed by atoms with Gasteiger partial charge in [-0.05, 0) is 42.5 Å². The van der Waals surface area contributed by atoms with Crippen molar-refractivity contribution in [3.8, 4) is 0 Å². The highest BCUT2D eigenvalue weighted by atomic mass is 35.5. The summed E-state index contributed by atoms with van der Waals surface area (Å²) in [4.78, 5) is 27.0. The zero-order valence-corrected chi connectivity index (χ0v) is 17.3. The van der Waals surface area contributed by atoms with Crippen LogP contribution < -0.4 is 10.3 Å². The first-order chi connectivity index (χ1) is 14.2. The number of carbonyl (C=O) groups is 1. The maximum Gasteiger partial charge on any atom is 0.303 e. The number of carboxylic acids is 1. The van der Waals surface area contributed by atoms with Gasteiger partial charge in [-0.1, -0.05) is 24.6 Å². The maximum atomic E-state index is 12.7. The smallest absolute Gasteiger partial charge is 0.303 e. The minimum atomic E-state index is -3.79. The number of hydrogen-bond acceptors (Lipinski definition) is 4. The molecule has 0 saturated heterocycles. The molecule has 4 N–H and O–H groups in total. The van der Waals surface area contributed by atoms with Gasteiger partial charge in [0, 0.05) is 33.9 Å². The van der Waals surface area contributed by atoms with Gasteiger partial charge in [-0.3, -0.25) is 14.3 Å². The highest BCUT2D eigenvalue weighted by Gasteiger charge is 2.16. The Morgan fingerprint density at radius 1 is 1.13 bits per heavy atom. The van der Waals surface area contributed by atoms with Gasteiger partial charge in [0.25, 0.3) is 15.6 Å². The van der Waals surface area contributed by atoms with E-state index in [1.54, 1.807) is 43.5 Å². The summed E-state index contributed by atoms with van der Waals surface area (Å²) >= 11 is 5.89. The molecule has 8 nitrogen and oxygen atoms in total. The van der Waals surface area contributed by atoms with Gasteiger partial charge in [0.05, 0.1) is 10.6 Å². The molecule has 0 bridgehead atoms. The third-order valence-electron chi connectivity index (χ3n) is 4.19. The van der Waals surface area contributed by atoms with Crippen LogP contribution in [0.25, 0.3) is 21.8 Å². The second kappa shape index (κ2) is 8.60. The second-order valence-electron chi connectivity index (χ2n) is 6.29. The lowest BCUT2D eigenvalue weighted by molar-refractivity contribution is -0.136. The molecule has 2 heterocycles. The lowest BCUT2D eigenvalue weighted by atomic mass is 10.1. The summed E-state index contributed by atoms with van der Waals surface area (Å²) in [5.74, 6) is -0.745. The molecule has 10 heteroatoms. The van der Waals surface area contributed by atoms with Gasteiger partial charge in [0.2, 0.25) is 0 Å². The number of hydrogen-bond donors (Lipinski definition) is 4. The van der Waals surface area contributed by atoms with Crippen LogP contribution >= 0.6 is 11.6 Å². The number of benzene rings is 2. The molecule has 0 fully saturated rings. The van der Waals surface area contributed by atoms with Crippen molar-refractivity contribution in [2.45, 2.75) is 18.2 Å². The van der Waals surface area contributed by atoms with Crippen LogP contribution in [0.5, 0.6) is 0 Å². The van der Waals surface area contributed by atoms with E-state index >= 15 is 0 Å². The summed E-state index contributed by atoms with van der Waals surface area (Å²) in [7, 11) is -3.79. The molecule has 0 aliphatic carbocycles. The SMILES string of the molecule is CCC(=O)O.O=c1[nH]c2ccc(S(=O)(=O)Nc3cccc(Cl)c3)cc2c2cc[nH]c12. The first kappa shape index (κ1) is 21.4. The quantitative estimate of drug-likeness (QED) is 0.376. The number of halogens is 1. The van der Waals surface area contributed by atoms with E-state index in [-0.39, 0.29) is 16.9 Å². The Morgan fingerprint density at radius 2 is 1.87 bits per heavy atom. The van der Waals surface area contributed by atoms with Crippen molar-refractivity contribution in [3.63, 3.8) is 0 Å². The van der Waals surface area contributed by atoms with Gasteiger partial charge in [0.15, 0.2) is 0 Å². The summed E-state index contributed by atoms with van der Waals surface area (Å²) in [6.45, 7) is 1.60. The minimum Gasteiger partial charge on any atom is -0.481 e. The molecular weight excluding hydrogens is 430 g/mol. The first-order valence-electron chi connectivity index (χ1n) is 8.84. The van der Waals surface area contributed by atoms with Crippen LogP contribution in [-0.2, 0) is 14.8 Å². The monoisotopic (exact) mass is 447 g/mol. The standard InChI is InChI=1S/C17H12ClN3O3S.C3H6O2/c18-10-2-1-3-11(8-10)21-25(23,24)12-4-5-15-14(9-12)13-6-7-19-16(13)17(22)20-15;1-2-3(4)5/h1-9,19,21H,(H,20,22);2H2,1H3,(H,4,5). The lowest BCUT2D eigenvalue weighted by Gasteiger charge is -2.09. The number of pyridine rings is 1. The van der Waals surface area contributed by atoms with Crippen LogP contribution in [0.15, 0.2) is 64.4 Å². The van der Waals surface area contributed by atoms with E-state index in [9.17, 15) is 18.0 Å². The number of aliphatic carboxylic acids is 1. The van der Waals surface area contributed by atoms with Crippen LogP contribution in [0.1, 0.15) is 13.3 Å². The average Bonchev–Trinajstić information content (AvgIpc) is 3.19. The summed E-state index contributed by atoms with van der Waals surface area (Å²) < 4.78 is 27.8. The molecule has 0 aliphatic rings. The molecule has 156 valence electrons. The van der Waals surface area contributed by atoms with Gasteiger partial charge >= 0.3 is 5.97 Å². The zero-order chi connectivity index (χ0) is 21.9. The van der Waals surface area contributed by atoms with Crippen molar-refractivity contribution in [1.82, 2.24) is 9.97 Å². The Labute approximate surface area is 176 Å². The van der Waals surface area contributed by atoms with E-state index in [0.29, 0.717) is 32.5 Å². The number of H-pyrrole nitrogens is 2. The molecule has 2 aromatic heterocycles. The summed E-state index contributed by atoms with van der Waals surface area (Å²) in [6.07, 6.45) is 1.87. The van der Waals surface area contributed by atoms with Crippen LogP contribution in [0.2, 0.25) is 5.02 Å². The molecule has 2 aromatic carbocycles. The molecule has 0 radical (unpaired) electrons. The minimum absolute atomic E-state index is 0.0922. The van der Waals surface area contributed by atoms with Crippen molar-refractivity contribution in [2.75, 3.05) is 4.72 Å². The van der Waals surface area contributed by atoms with E-state index in [4.69, 9.17) is 16.7 Å². The first-order valence-corrected chi connectivity index (χ1v) is 10.7. The number of sulfonamides is 1. The van der Waals surface area contributed by atoms with Crippen LogP contribution in [0.4, 0.5) is 5.69 Å². The van der Waals surface area contributed by atoms with Gasteiger partial charge < -0.3 is 15.1 Å². The van der Waals surface area contributed by atoms with E-state index in [1.807, 2.05) is 0 Å². The molecular formula is C20H18ClN3O5S. The van der Waals surface area contributed by atoms with Crippen molar-refractivity contribution < 1.29 is 18.3 Å². The van der Waals surface area contributed by atoms with E-state index in [0.717, 1.165) is 0 Å². The fraction of sp³-hybridized carbons (Fsp3) is 0.100. The predicted octanol–water partition coefficient (Wildman–Crippen LogP) is 3.94. The molecule has 4 rings (SSSR count). The van der Waals surface area contributed by atoms with Gasteiger partial charge in [0.1, 0.15) is 5.52 Å². The molecule has 0 unspecified atom stereocenters. The third kappa shape index (κ3) is 4.64. The average molecular weight is 448 g/mol. The van der Waals surface area contributed by atoms with Gasteiger partial charge in [-0.25, -0.2) is 8.42 Å². The highest BCUT2D eigenvalue weighted by molar-refractivity contribution is 7.92. The van der Waals surface area contributed by atoms with Crippen molar-refractivity contribution in [2.24, 2.45) is 0 Å². The third-order valence-corrected chi connectivity index (χ3v) is 5.81. The number of nitrogens with one attached hydrogen (secondary N) is 3. The zero-order valence-electron chi connectivity index (χ0n) is 15.8. The van der Waals surface area contributed by atoms with E-state index < -0.39 is 16.0 Å². The van der Waals surface area contributed by atoms with E-state index in [1.165, 1.54) is 18.2 Å². The normalized spacial score (nSPS) is 11.1. The number of fused-ring (bicyclic) bond motifs is 3. The molecule has 0 spiro atoms. The van der Waals surface area contributed by atoms with Crippen LogP contribution in [0, 0.1) is 0 Å². The summed E-state index contributed by atoms with van der Waals surface area (Å²) in [6, 6.07) is 12.8. The Bertz CT molecular complexity index is 1390. The Kier molecular flexibility index (Phi) is 6.14. The molecule has 0 amide bonds. The van der Waals surface area contributed by atoms with Gasteiger partial charge in [-0.15, -0.1) is 0 Å². The molecule has 4 aromatic rings. The van der Waals surface area contributed by atoms with Crippen LogP contribution in [0.3, 0.4) is 0 Å². The van der Waals surface area contributed by atoms with E-state index in [2.05, 4.69) is 14.7 Å². The number of rotatable bonds is 4.